The number of hydrogen-bond donors (Lipinski definition) is 0. The Hall–Kier alpha value is 1.40. The number of alkyl halides is 4. The lowest BCUT2D eigenvalue weighted by Gasteiger charge is -2.40. The molecule has 0 aromatic heterocycles. The van der Waals surface area contributed by atoms with Crippen molar-refractivity contribution in [2.24, 2.45) is 21.7 Å². The van der Waals surface area contributed by atoms with Crippen LogP contribution in [0.2, 0.25) is 0 Å². The maximum atomic E-state index is 4.09. The molecule has 0 heterocycles. The van der Waals surface area contributed by atoms with Crippen LogP contribution in [-0.4, -0.2) is 6.47 Å². The molecule has 0 aromatic carbocycles. The van der Waals surface area contributed by atoms with Gasteiger partial charge in [-0.2, -0.15) is 0 Å². The van der Waals surface area contributed by atoms with E-state index in [1.807, 2.05) is 0 Å². The van der Waals surface area contributed by atoms with E-state index in [2.05, 4.69) is 88.0 Å². The molecule has 0 saturated heterocycles. The predicted octanol–water partition coefficient (Wildman–Crippen LogP) is 6.43. The summed E-state index contributed by atoms with van der Waals surface area (Å²) in [6.07, 6.45) is 17.2. The van der Waals surface area contributed by atoms with E-state index in [0.29, 0.717) is 21.7 Å². The lowest BCUT2D eigenvalue weighted by molar-refractivity contribution is 0.107. The van der Waals surface area contributed by atoms with Crippen molar-refractivity contribution in [2.75, 3.05) is 0 Å². The largest absolute Gasteiger partial charge is 0.0935 e. The third-order valence-corrected chi connectivity index (χ3v) is 13.6. The number of allylic oxidation sites excluding steroid dienone is 4. The Bertz CT molecular complexity index is 495. The van der Waals surface area contributed by atoms with E-state index in [9.17, 15) is 0 Å². The zero-order valence-electron chi connectivity index (χ0n) is 11.1. The maximum Gasteiger partial charge on any atom is 0.0935 e. The fraction of sp³-hybridized carbons (Fsp3) is 0.750. The summed E-state index contributed by atoms with van der Waals surface area (Å²) in [7, 11) is 0. The highest BCUT2D eigenvalue weighted by Crippen LogP contribution is 3.01. The quantitative estimate of drug-likeness (QED) is 0.252. The SMILES string of the molecule is BrC1(Br)[C@@]23CC=CC[C@@]12C[C@]12CC=CC[C@@]1(C3)C2(Br)Br. The van der Waals surface area contributed by atoms with Crippen molar-refractivity contribution >= 4 is 63.7 Å². The monoisotopic (exact) mass is 524 g/mol. The van der Waals surface area contributed by atoms with Crippen molar-refractivity contribution < 1.29 is 0 Å². The van der Waals surface area contributed by atoms with Gasteiger partial charge in [0.15, 0.2) is 0 Å². The number of halogens is 4. The van der Waals surface area contributed by atoms with Crippen molar-refractivity contribution in [1.29, 1.82) is 0 Å². The molecule has 108 valence electrons. The normalized spacial score (nSPS) is 59.0. The number of rotatable bonds is 0. The van der Waals surface area contributed by atoms with Crippen molar-refractivity contribution in [2.45, 2.75) is 45.0 Å². The average molecular weight is 528 g/mol. The molecule has 0 bridgehead atoms. The average Bonchev–Trinajstić information content (AvgIpc) is 3.06. The summed E-state index contributed by atoms with van der Waals surface area (Å²) in [5.74, 6) is 0. The molecule has 0 radical (unpaired) electrons. The van der Waals surface area contributed by atoms with Gasteiger partial charge in [0, 0.05) is 21.7 Å². The minimum absolute atomic E-state index is 0.150. The van der Waals surface area contributed by atoms with Crippen LogP contribution >= 0.6 is 63.7 Å². The molecule has 0 aliphatic heterocycles. The fourth-order valence-corrected chi connectivity index (χ4v) is 11.4. The van der Waals surface area contributed by atoms with Crippen LogP contribution in [0.15, 0.2) is 24.3 Å². The third-order valence-electron chi connectivity index (χ3n) is 7.52. The smallest absolute Gasteiger partial charge is 0.0879 e. The molecule has 0 nitrogen and oxygen atoms in total. The van der Waals surface area contributed by atoms with Crippen LogP contribution in [0.1, 0.15) is 38.5 Å². The van der Waals surface area contributed by atoms with E-state index in [4.69, 9.17) is 0 Å². The van der Waals surface area contributed by atoms with E-state index in [1.54, 1.807) is 0 Å². The molecule has 5 rings (SSSR count). The summed E-state index contributed by atoms with van der Waals surface area (Å²) >= 11 is 16.4. The van der Waals surface area contributed by atoms with Crippen molar-refractivity contribution in [3.05, 3.63) is 24.3 Å². The van der Waals surface area contributed by atoms with E-state index in [0.717, 1.165) is 0 Å². The molecule has 20 heavy (non-hydrogen) atoms. The summed E-state index contributed by atoms with van der Waals surface area (Å²) < 4.78 is 0.300. The topological polar surface area (TPSA) is 0 Å². The summed E-state index contributed by atoms with van der Waals surface area (Å²) in [4.78, 5) is 0. The molecule has 5 aliphatic rings. The highest BCUT2D eigenvalue weighted by atomic mass is 79.9. The molecule has 3 fully saturated rings. The molecule has 4 heteroatoms. The zero-order valence-corrected chi connectivity index (χ0v) is 17.4. The Morgan fingerprint density at radius 2 is 0.750 bits per heavy atom. The van der Waals surface area contributed by atoms with Gasteiger partial charge in [-0.3, -0.25) is 0 Å². The lowest BCUT2D eigenvalue weighted by Crippen LogP contribution is -2.33. The first kappa shape index (κ1) is 13.8. The van der Waals surface area contributed by atoms with Crippen molar-refractivity contribution in [1.82, 2.24) is 0 Å². The Morgan fingerprint density at radius 1 is 0.500 bits per heavy atom. The predicted molar refractivity (Wildman–Crippen MR) is 96.9 cm³/mol. The molecule has 0 spiro atoms. The zero-order chi connectivity index (χ0) is 14.1. The van der Waals surface area contributed by atoms with Crippen LogP contribution in [0.5, 0.6) is 0 Å². The first-order valence-corrected chi connectivity index (χ1v) is 10.6. The van der Waals surface area contributed by atoms with Crippen LogP contribution < -0.4 is 0 Å². The van der Waals surface area contributed by atoms with Gasteiger partial charge < -0.3 is 0 Å². The highest BCUT2D eigenvalue weighted by Gasteiger charge is 2.98. The first-order chi connectivity index (χ1) is 9.33. The van der Waals surface area contributed by atoms with Gasteiger partial charge in [-0.05, 0) is 38.5 Å². The second-order valence-corrected chi connectivity index (χ2v) is 14.5. The highest BCUT2D eigenvalue weighted by molar-refractivity contribution is 9.26. The molecule has 4 atom stereocenters. The van der Waals surface area contributed by atoms with Gasteiger partial charge >= 0.3 is 0 Å². The fourth-order valence-electron chi connectivity index (χ4n) is 6.35. The lowest BCUT2D eigenvalue weighted by atomic mass is 9.62. The Labute approximate surface area is 153 Å². The van der Waals surface area contributed by atoms with E-state index < -0.39 is 0 Å². The van der Waals surface area contributed by atoms with Crippen LogP contribution in [0.4, 0.5) is 0 Å². The van der Waals surface area contributed by atoms with Gasteiger partial charge in [0.2, 0.25) is 0 Å². The summed E-state index contributed by atoms with van der Waals surface area (Å²) in [6.45, 7) is 0. The summed E-state index contributed by atoms with van der Waals surface area (Å²) in [6, 6.07) is 0. The van der Waals surface area contributed by atoms with Crippen LogP contribution in [0, 0.1) is 21.7 Å². The van der Waals surface area contributed by atoms with Gasteiger partial charge in [-0.25, -0.2) is 0 Å². The van der Waals surface area contributed by atoms with Crippen LogP contribution in [0.25, 0.3) is 0 Å². The van der Waals surface area contributed by atoms with Gasteiger partial charge in [-0.1, -0.05) is 88.0 Å². The molecule has 3 saturated carbocycles. The van der Waals surface area contributed by atoms with Crippen molar-refractivity contribution in [3.63, 3.8) is 0 Å². The molecule has 0 N–H and O–H groups in total. The van der Waals surface area contributed by atoms with Gasteiger partial charge in [0.25, 0.3) is 0 Å². The minimum atomic E-state index is 0.150. The molecule has 0 aromatic rings. The summed E-state index contributed by atoms with van der Waals surface area (Å²) in [5, 5.41) is 0. The second kappa shape index (κ2) is 3.42. The van der Waals surface area contributed by atoms with E-state index in [1.165, 1.54) is 38.5 Å². The molecule has 5 aliphatic carbocycles. The van der Waals surface area contributed by atoms with E-state index >= 15 is 0 Å². The van der Waals surface area contributed by atoms with Crippen LogP contribution in [0.3, 0.4) is 0 Å². The maximum absolute atomic E-state index is 4.09. The third kappa shape index (κ3) is 0.991. The van der Waals surface area contributed by atoms with Gasteiger partial charge in [-0.15, -0.1) is 0 Å². The molecular weight excluding hydrogens is 512 g/mol. The summed E-state index contributed by atoms with van der Waals surface area (Å²) in [5.41, 5.74) is 1.64. The standard InChI is InChI=1S/C16H16Br4/c17-15(18)11-5-1-2-6-12(11,15)10-14-8-4-3-7-13(14,9-11)16(14,19)20/h1-4H,5-10H2/t11-,12+,13+,14-. The molecule has 0 unspecified atom stereocenters. The first-order valence-electron chi connectivity index (χ1n) is 7.38. The Balaban J connectivity index is 1.70. The van der Waals surface area contributed by atoms with Crippen LogP contribution in [-0.2, 0) is 0 Å². The minimum Gasteiger partial charge on any atom is -0.0879 e. The Morgan fingerprint density at radius 3 is 1.00 bits per heavy atom. The molecule has 0 amide bonds. The Kier molecular flexibility index (Phi) is 2.36. The van der Waals surface area contributed by atoms with Gasteiger partial charge in [0.1, 0.15) is 0 Å². The van der Waals surface area contributed by atoms with Gasteiger partial charge in [0.05, 0.1) is 6.47 Å². The number of hydrogen-bond acceptors (Lipinski definition) is 0. The molecular formula is C16H16Br4. The second-order valence-electron chi connectivity index (χ2n) is 7.59. The van der Waals surface area contributed by atoms with E-state index in [-0.39, 0.29) is 6.47 Å². The van der Waals surface area contributed by atoms with Crippen molar-refractivity contribution in [3.8, 4) is 0 Å².